The lowest BCUT2D eigenvalue weighted by Gasteiger charge is -2.23. The number of furan rings is 1. The van der Waals surface area contributed by atoms with E-state index in [1.165, 1.54) is 11.2 Å². The molecule has 0 saturated carbocycles. The highest BCUT2D eigenvalue weighted by Crippen LogP contribution is 2.43. The van der Waals surface area contributed by atoms with Crippen LogP contribution in [0.25, 0.3) is 5.76 Å². The van der Waals surface area contributed by atoms with Crippen LogP contribution < -0.4 is 9.64 Å². The Hall–Kier alpha value is -3.80. The van der Waals surface area contributed by atoms with Crippen molar-refractivity contribution < 1.29 is 23.8 Å². The lowest BCUT2D eigenvalue weighted by Crippen LogP contribution is -2.29. The minimum absolute atomic E-state index is 0.00907. The molecule has 1 N–H and O–H groups in total. The number of aliphatic hydroxyl groups excluding tert-OH is 1. The van der Waals surface area contributed by atoms with E-state index in [1.807, 2.05) is 37.3 Å². The second-order valence-corrected chi connectivity index (χ2v) is 8.89. The highest BCUT2D eigenvalue weighted by molar-refractivity contribution is 6.51. The van der Waals surface area contributed by atoms with E-state index in [-0.39, 0.29) is 17.4 Å². The number of carbonyl (C=O) groups is 2. The van der Waals surface area contributed by atoms with E-state index >= 15 is 0 Å². The SMILES string of the molecule is CC1Cc2cc(/C(O)=C3/C(=O)C(=O)N(c4ccc(C(C)C)cc4)C3c3ccco3)ccc2O1. The highest BCUT2D eigenvalue weighted by atomic mass is 16.5. The van der Waals surface area contributed by atoms with Gasteiger partial charge in [0.2, 0.25) is 0 Å². The minimum atomic E-state index is -0.867. The first-order valence-corrected chi connectivity index (χ1v) is 11.1. The van der Waals surface area contributed by atoms with Gasteiger partial charge < -0.3 is 14.3 Å². The Labute approximate surface area is 192 Å². The summed E-state index contributed by atoms with van der Waals surface area (Å²) in [7, 11) is 0. The minimum Gasteiger partial charge on any atom is -0.507 e. The van der Waals surface area contributed by atoms with Gasteiger partial charge in [0.1, 0.15) is 29.4 Å². The Bertz CT molecular complexity index is 1250. The number of ketones is 1. The number of Topliss-reactive ketones (excluding diaryl/α,β-unsaturated/α-hetero) is 1. The van der Waals surface area contributed by atoms with E-state index in [0.717, 1.165) is 16.9 Å². The Morgan fingerprint density at radius 1 is 1.09 bits per heavy atom. The third kappa shape index (κ3) is 3.52. The van der Waals surface area contributed by atoms with Gasteiger partial charge in [-0.25, -0.2) is 0 Å². The van der Waals surface area contributed by atoms with Gasteiger partial charge in [-0.05, 0) is 66.4 Å². The number of rotatable bonds is 4. The Morgan fingerprint density at radius 2 is 1.85 bits per heavy atom. The molecule has 0 bridgehead atoms. The van der Waals surface area contributed by atoms with Crippen LogP contribution in [-0.2, 0) is 16.0 Å². The predicted molar refractivity (Wildman–Crippen MR) is 124 cm³/mol. The Kier molecular flexibility index (Phi) is 5.08. The fraction of sp³-hybridized carbons (Fsp3) is 0.259. The molecule has 2 atom stereocenters. The van der Waals surface area contributed by atoms with E-state index in [9.17, 15) is 14.7 Å². The van der Waals surface area contributed by atoms with Crippen molar-refractivity contribution in [3.8, 4) is 5.75 Å². The summed E-state index contributed by atoms with van der Waals surface area (Å²) in [6.07, 6.45) is 2.26. The summed E-state index contributed by atoms with van der Waals surface area (Å²) in [4.78, 5) is 27.8. The summed E-state index contributed by atoms with van der Waals surface area (Å²) in [5, 5.41) is 11.3. The molecule has 3 aromatic rings. The number of amides is 1. The fourth-order valence-electron chi connectivity index (χ4n) is 4.56. The van der Waals surface area contributed by atoms with Crippen LogP contribution in [-0.4, -0.2) is 22.9 Å². The largest absolute Gasteiger partial charge is 0.507 e. The molecule has 2 aliphatic heterocycles. The summed E-state index contributed by atoms with van der Waals surface area (Å²) < 4.78 is 11.4. The van der Waals surface area contributed by atoms with Crippen LogP contribution in [0.1, 0.15) is 55.2 Å². The lowest BCUT2D eigenvalue weighted by atomic mass is 9.97. The molecule has 1 saturated heterocycles. The molecule has 2 aromatic carbocycles. The molecule has 33 heavy (non-hydrogen) atoms. The quantitative estimate of drug-likeness (QED) is 0.334. The first-order valence-electron chi connectivity index (χ1n) is 11.1. The number of hydrogen-bond acceptors (Lipinski definition) is 5. The van der Waals surface area contributed by atoms with Crippen molar-refractivity contribution in [1.82, 2.24) is 0 Å². The zero-order valence-electron chi connectivity index (χ0n) is 18.7. The summed E-state index contributed by atoms with van der Waals surface area (Å²) in [5.41, 5.74) is 3.13. The smallest absolute Gasteiger partial charge is 0.300 e. The molecule has 6 nitrogen and oxygen atoms in total. The van der Waals surface area contributed by atoms with Gasteiger partial charge in [-0.2, -0.15) is 0 Å². The van der Waals surface area contributed by atoms with Crippen LogP contribution in [0, 0.1) is 0 Å². The molecule has 5 rings (SSSR count). The van der Waals surface area contributed by atoms with Crippen molar-refractivity contribution in [2.45, 2.75) is 45.3 Å². The number of aliphatic hydroxyl groups is 1. The molecule has 1 fully saturated rings. The van der Waals surface area contributed by atoms with Crippen LogP contribution in [0.3, 0.4) is 0 Å². The summed E-state index contributed by atoms with van der Waals surface area (Å²) in [6, 6.07) is 15.4. The number of nitrogens with zero attached hydrogens (tertiary/aromatic N) is 1. The summed E-state index contributed by atoms with van der Waals surface area (Å²) >= 11 is 0. The molecule has 0 radical (unpaired) electrons. The van der Waals surface area contributed by atoms with Gasteiger partial charge in [-0.3, -0.25) is 14.5 Å². The molecular weight excluding hydrogens is 418 g/mol. The standard InChI is InChI=1S/C27H25NO5/c1-15(2)17-6-9-20(10-7-17)28-24(22-5-4-12-32-22)23(26(30)27(28)31)25(29)18-8-11-21-19(14-18)13-16(3)33-21/h4-12,14-16,24,29H,13H2,1-3H3/b25-23-. The van der Waals surface area contributed by atoms with Crippen molar-refractivity contribution >= 4 is 23.1 Å². The van der Waals surface area contributed by atoms with Gasteiger partial charge in [0, 0.05) is 17.7 Å². The van der Waals surface area contributed by atoms with Crippen LogP contribution in [0.5, 0.6) is 5.75 Å². The van der Waals surface area contributed by atoms with Crippen molar-refractivity contribution in [3.05, 3.63) is 88.9 Å². The third-order valence-electron chi connectivity index (χ3n) is 6.26. The zero-order chi connectivity index (χ0) is 23.3. The second kappa shape index (κ2) is 7.96. The van der Waals surface area contributed by atoms with Crippen LogP contribution >= 0.6 is 0 Å². The number of fused-ring (bicyclic) bond motifs is 1. The van der Waals surface area contributed by atoms with Crippen molar-refractivity contribution in [1.29, 1.82) is 0 Å². The van der Waals surface area contributed by atoms with Gasteiger partial charge in [0.05, 0.1) is 11.8 Å². The second-order valence-electron chi connectivity index (χ2n) is 8.89. The first kappa shape index (κ1) is 21.1. The maximum atomic E-state index is 13.2. The third-order valence-corrected chi connectivity index (χ3v) is 6.26. The number of ether oxygens (including phenoxy) is 1. The maximum absolute atomic E-state index is 13.2. The van der Waals surface area contributed by atoms with Crippen LogP contribution in [0.15, 0.2) is 70.9 Å². The Morgan fingerprint density at radius 3 is 2.52 bits per heavy atom. The molecule has 6 heteroatoms. The topological polar surface area (TPSA) is 80.0 Å². The average Bonchev–Trinajstić information content (AvgIpc) is 3.51. The molecule has 1 amide bonds. The van der Waals surface area contributed by atoms with Gasteiger partial charge in [-0.1, -0.05) is 26.0 Å². The number of benzene rings is 2. The number of hydrogen-bond donors (Lipinski definition) is 1. The molecule has 168 valence electrons. The Balaban J connectivity index is 1.63. The molecular formula is C27H25NO5. The molecule has 2 aliphatic rings. The summed E-state index contributed by atoms with van der Waals surface area (Å²) in [5.74, 6) is -0.158. The van der Waals surface area contributed by atoms with Crippen molar-refractivity contribution in [2.24, 2.45) is 0 Å². The summed E-state index contributed by atoms with van der Waals surface area (Å²) in [6.45, 7) is 6.16. The zero-order valence-corrected chi connectivity index (χ0v) is 18.7. The van der Waals surface area contributed by atoms with E-state index in [2.05, 4.69) is 13.8 Å². The van der Waals surface area contributed by atoms with E-state index in [4.69, 9.17) is 9.15 Å². The van der Waals surface area contributed by atoms with E-state index in [1.54, 1.807) is 24.3 Å². The molecule has 3 heterocycles. The van der Waals surface area contributed by atoms with E-state index < -0.39 is 17.7 Å². The molecule has 0 spiro atoms. The van der Waals surface area contributed by atoms with Gasteiger partial charge in [0.25, 0.3) is 11.7 Å². The molecule has 2 unspecified atom stereocenters. The number of carbonyl (C=O) groups excluding carboxylic acids is 2. The van der Waals surface area contributed by atoms with Crippen LogP contribution in [0.2, 0.25) is 0 Å². The van der Waals surface area contributed by atoms with Crippen LogP contribution in [0.4, 0.5) is 5.69 Å². The lowest BCUT2D eigenvalue weighted by molar-refractivity contribution is -0.132. The van der Waals surface area contributed by atoms with Gasteiger partial charge >= 0.3 is 0 Å². The van der Waals surface area contributed by atoms with Gasteiger partial charge in [-0.15, -0.1) is 0 Å². The normalized spacial score (nSPS) is 21.5. The molecule has 0 aliphatic carbocycles. The average molecular weight is 443 g/mol. The van der Waals surface area contributed by atoms with E-state index in [0.29, 0.717) is 29.3 Å². The highest BCUT2D eigenvalue weighted by Gasteiger charge is 2.48. The first-order chi connectivity index (χ1) is 15.8. The monoisotopic (exact) mass is 443 g/mol. The van der Waals surface area contributed by atoms with Crippen molar-refractivity contribution in [2.75, 3.05) is 4.90 Å². The molecule has 1 aromatic heterocycles. The van der Waals surface area contributed by atoms with Crippen molar-refractivity contribution in [3.63, 3.8) is 0 Å². The van der Waals surface area contributed by atoms with Gasteiger partial charge in [0.15, 0.2) is 0 Å². The predicted octanol–water partition coefficient (Wildman–Crippen LogP) is 5.35. The maximum Gasteiger partial charge on any atom is 0.300 e. The fourth-order valence-corrected chi connectivity index (χ4v) is 4.56. The number of anilines is 1.